The van der Waals surface area contributed by atoms with Crippen LogP contribution in [0.2, 0.25) is 10.0 Å². The molecule has 0 aliphatic heterocycles. The molecule has 0 radical (unpaired) electrons. The molecule has 3 rings (SSSR count). The maximum absolute atomic E-state index is 12.9. The molecule has 1 heterocycles. The van der Waals surface area contributed by atoms with Crippen molar-refractivity contribution in [2.24, 2.45) is 0 Å². The molecule has 0 aliphatic carbocycles. The summed E-state index contributed by atoms with van der Waals surface area (Å²) in [4.78, 5) is 22.9. The highest BCUT2D eigenvalue weighted by Gasteiger charge is 2.38. The molecule has 13 heteroatoms. The molecule has 1 amide bonds. The molecule has 0 unspecified atom stereocenters. The van der Waals surface area contributed by atoms with Gasteiger partial charge in [-0.1, -0.05) is 23.2 Å². The Balaban J connectivity index is 1.73. The van der Waals surface area contributed by atoms with Gasteiger partial charge in [0.1, 0.15) is 11.5 Å². The standard InChI is InChI=1S/C20H15Cl2F3N4O4/c1-11-18(22)19(20(23,24)25)27-28(11)7-6-17(30)26-13-8-14(29(31)32)10-16(9-13)33-15-4-2-12(21)3-5-15/h2-5,8-10H,6-7H2,1H3,(H,26,30). The summed E-state index contributed by atoms with van der Waals surface area (Å²) in [5.41, 5.74) is -1.43. The number of carbonyl (C=O) groups excluding carboxylic acids is 1. The fourth-order valence-electron chi connectivity index (χ4n) is 2.81. The Kier molecular flexibility index (Phi) is 7.13. The van der Waals surface area contributed by atoms with Gasteiger partial charge in [0.05, 0.1) is 33.9 Å². The molecule has 0 fully saturated rings. The van der Waals surface area contributed by atoms with E-state index in [1.165, 1.54) is 19.1 Å². The van der Waals surface area contributed by atoms with Crippen LogP contribution in [0.1, 0.15) is 17.8 Å². The third-order valence-electron chi connectivity index (χ3n) is 4.39. The van der Waals surface area contributed by atoms with Crippen molar-refractivity contribution in [1.82, 2.24) is 9.78 Å². The third kappa shape index (κ3) is 6.14. The van der Waals surface area contributed by atoms with Crippen LogP contribution in [0.5, 0.6) is 11.5 Å². The molecule has 0 saturated heterocycles. The van der Waals surface area contributed by atoms with Gasteiger partial charge in [0.15, 0.2) is 5.69 Å². The third-order valence-corrected chi connectivity index (χ3v) is 5.09. The topological polar surface area (TPSA) is 99.3 Å². The van der Waals surface area contributed by atoms with Crippen molar-refractivity contribution < 1.29 is 27.6 Å². The van der Waals surface area contributed by atoms with Gasteiger partial charge in [0.2, 0.25) is 5.91 Å². The van der Waals surface area contributed by atoms with E-state index in [1.807, 2.05) is 0 Å². The SMILES string of the molecule is Cc1c(Cl)c(C(F)(F)F)nn1CCC(=O)Nc1cc(Oc2ccc(Cl)cc2)cc([N+](=O)[O-])c1. The fourth-order valence-corrected chi connectivity index (χ4v) is 3.18. The van der Waals surface area contributed by atoms with E-state index in [4.69, 9.17) is 27.9 Å². The highest BCUT2D eigenvalue weighted by atomic mass is 35.5. The quantitative estimate of drug-likeness (QED) is 0.304. The molecule has 1 aromatic heterocycles. The molecule has 3 aromatic rings. The first-order valence-corrected chi connectivity index (χ1v) is 10.0. The number of nitrogens with zero attached hydrogens (tertiary/aromatic N) is 3. The Morgan fingerprint density at radius 2 is 1.85 bits per heavy atom. The average Bonchev–Trinajstić information content (AvgIpc) is 3.02. The second-order valence-electron chi connectivity index (χ2n) is 6.80. The van der Waals surface area contributed by atoms with E-state index in [2.05, 4.69) is 10.4 Å². The first kappa shape index (κ1) is 24.3. The molecule has 0 aliphatic rings. The Morgan fingerprint density at radius 1 is 1.18 bits per heavy atom. The monoisotopic (exact) mass is 502 g/mol. The number of non-ortho nitro benzene ring substituents is 1. The van der Waals surface area contributed by atoms with E-state index in [1.54, 1.807) is 24.3 Å². The molecular weight excluding hydrogens is 488 g/mol. The van der Waals surface area contributed by atoms with Crippen LogP contribution >= 0.6 is 23.2 Å². The Labute approximate surface area is 195 Å². The van der Waals surface area contributed by atoms with Gasteiger partial charge < -0.3 is 10.1 Å². The summed E-state index contributed by atoms with van der Waals surface area (Å²) in [6, 6.07) is 9.95. The first-order valence-electron chi connectivity index (χ1n) is 9.27. The number of halogens is 5. The maximum atomic E-state index is 12.9. The van der Waals surface area contributed by atoms with Crippen molar-refractivity contribution in [3.8, 4) is 11.5 Å². The number of hydrogen-bond donors (Lipinski definition) is 1. The molecule has 33 heavy (non-hydrogen) atoms. The van der Waals surface area contributed by atoms with Gasteiger partial charge in [-0.05, 0) is 31.2 Å². The van der Waals surface area contributed by atoms with Crippen LogP contribution in [0.15, 0.2) is 42.5 Å². The lowest BCUT2D eigenvalue weighted by molar-refractivity contribution is -0.384. The average molecular weight is 503 g/mol. The van der Waals surface area contributed by atoms with E-state index >= 15 is 0 Å². The Morgan fingerprint density at radius 3 is 2.42 bits per heavy atom. The minimum Gasteiger partial charge on any atom is -0.457 e. The van der Waals surface area contributed by atoms with Gasteiger partial charge in [-0.15, -0.1) is 0 Å². The number of anilines is 1. The van der Waals surface area contributed by atoms with Crippen molar-refractivity contribution in [2.45, 2.75) is 26.1 Å². The number of alkyl halides is 3. The lowest BCUT2D eigenvalue weighted by Gasteiger charge is -2.10. The fraction of sp³-hybridized carbons (Fsp3) is 0.200. The largest absolute Gasteiger partial charge is 0.457 e. The summed E-state index contributed by atoms with van der Waals surface area (Å²) >= 11 is 11.5. The summed E-state index contributed by atoms with van der Waals surface area (Å²) in [6.07, 6.45) is -4.98. The Bertz CT molecular complexity index is 1200. The van der Waals surface area contributed by atoms with Gasteiger partial charge in [0.25, 0.3) is 5.69 Å². The zero-order valence-electron chi connectivity index (χ0n) is 16.8. The molecule has 0 bridgehead atoms. The number of benzene rings is 2. The molecular formula is C20H15Cl2F3N4O4. The van der Waals surface area contributed by atoms with Gasteiger partial charge in [-0.25, -0.2) is 0 Å². The van der Waals surface area contributed by atoms with Crippen molar-refractivity contribution >= 4 is 40.5 Å². The van der Waals surface area contributed by atoms with Crippen LogP contribution < -0.4 is 10.1 Å². The van der Waals surface area contributed by atoms with Crippen LogP contribution in [-0.2, 0) is 17.5 Å². The van der Waals surface area contributed by atoms with Crippen LogP contribution in [0.25, 0.3) is 0 Å². The van der Waals surface area contributed by atoms with Gasteiger partial charge in [0, 0.05) is 23.6 Å². The summed E-state index contributed by atoms with van der Waals surface area (Å²) in [5.74, 6) is -0.150. The number of amides is 1. The molecule has 0 atom stereocenters. The lowest BCUT2D eigenvalue weighted by Crippen LogP contribution is -2.16. The van der Waals surface area contributed by atoms with Crippen LogP contribution in [0.4, 0.5) is 24.5 Å². The van der Waals surface area contributed by atoms with Crippen LogP contribution in [0, 0.1) is 17.0 Å². The van der Waals surface area contributed by atoms with E-state index < -0.39 is 27.7 Å². The number of hydrogen-bond acceptors (Lipinski definition) is 5. The highest BCUT2D eigenvalue weighted by Crippen LogP contribution is 2.35. The number of nitrogens with one attached hydrogen (secondary N) is 1. The summed E-state index contributed by atoms with van der Waals surface area (Å²) in [6.45, 7) is 1.17. The number of aryl methyl sites for hydroxylation is 1. The van der Waals surface area contributed by atoms with Gasteiger partial charge >= 0.3 is 6.18 Å². The zero-order chi connectivity index (χ0) is 24.3. The van der Waals surface area contributed by atoms with E-state index in [0.717, 1.165) is 10.7 Å². The predicted molar refractivity (Wildman–Crippen MR) is 115 cm³/mol. The van der Waals surface area contributed by atoms with Gasteiger partial charge in [-0.3, -0.25) is 19.6 Å². The summed E-state index contributed by atoms with van der Waals surface area (Å²) in [5, 5.41) is 17.1. The summed E-state index contributed by atoms with van der Waals surface area (Å²) in [7, 11) is 0. The van der Waals surface area contributed by atoms with Crippen molar-refractivity contribution in [3.05, 3.63) is 74.0 Å². The second-order valence-corrected chi connectivity index (χ2v) is 7.61. The molecule has 174 valence electrons. The van der Waals surface area contributed by atoms with Crippen molar-refractivity contribution in [2.75, 3.05) is 5.32 Å². The minimum atomic E-state index is -4.72. The number of aromatic nitrogens is 2. The number of ether oxygens (including phenoxy) is 1. The van der Waals surface area contributed by atoms with Crippen molar-refractivity contribution in [3.63, 3.8) is 0 Å². The lowest BCUT2D eigenvalue weighted by atomic mass is 10.2. The number of carbonyl (C=O) groups is 1. The molecule has 0 spiro atoms. The summed E-state index contributed by atoms with van der Waals surface area (Å²) < 4.78 is 45.4. The molecule has 0 saturated carbocycles. The molecule has 2 aromatic carbocycles. The Hall–Kier alpha value is -3.31. The first-order chi connectivity index (χ1) is 15.4. The van der Waals surface area contributed by atoms with E-state index in [-0.39, 0.29) is 35.8 Å². The zero-order valence-corrected chi connectivity index (χ0v) is 18.3. The second kappa shape index (κ2) is 9.67. The minimum absolute atomic E-state index is 0.0609. The van der Waals surface area contributed by atoms with Crippen LogP contribution in [-0.4, -0.2) is 20.6 Å². The normalized spacial score (nSPS) is 11.3. The van der Waals surface area contributed by atoms with Crippen molar-refractivity contribution in [1.29, 1.82) is 0 Å². The smallest absolute Gasteiger partial charge is 0.436 e. The number of rotatable bonds is 7. The van der Waals surface area contributed by atoms with E-state index in [0.29, 0.717) is 10.8 Å². The number of nitro groups is 1. The highest BCUT2D eigenvalue weighted by molar-refractivity contribution is 6.32. The predicted octanol–water partition coefficient (Wildman–Crippen LogP) is 6.25. The molecule has 8 nitrogen and oxygen atoms in total. The van der Waals surface area contributed by atoms with Crippen LogP contribution in [0.3, 0.4) is 0 Å². The van der Waals surface area contributed by atoms with E-state index in [9.17, 15) is 28.1 Å². The molecule has 1 N–H and O–H groups in total. The number of nitro benzene ring substituents is 1. The maximum Gasteiger partial charge on any atom is 0.436 e. The van der Waals surface area contributed by atoms with Gasteiger partial charge in [-0.2, -0.15) is 18.3 Å².